The highest BCUT2D eigenvalue weighted by Crippen LogP contribution is 2.76. The van der Waals surface area contributed by atoms with Gasteiger partial charge in [-0.05, 0) is 111 Å². The first-order valence-electron chi connectivity index (χ1n) is 26.7. The average molecular weight is 1050 g/mol. The summed E-state index contributed by atoms with van der Waals surface area (Å²) in [6, 6.07) is 0. The van der Waals surface area contributed by atoms with Gasteiger partial charge in [0.05, 0.1) is 44.1 Å². The van der Waals surface area contributed by atoms with Crippen LogP contribution >= 0.6 is 0 Å². The maximum Gasteiger partial charge on any atom is 0.315 e. The van der Waals surface area contributed by atoms with Gasteiger partial charge in [0.1, 0.15) is 79.4 Å². The van der Waals surface area contributed by atoms with Crippen LogP contribution in [-0.4, -0.2) is 210 Å². The second-order valence-electron chi connectivity index (χ2n) is 25.2. The third-order valence-electron chi connectivity index (χ3n) is 20.7. The molecule has 0 amide bonds. The summed E-state index contributed by atoms with van der Waals surface area (Å²) in [5.74, 6) is -0.655. The van der Waals surface area contributed by atoms with Crippen LogP contribution in [0.15, 0.2) is 11.6 Å². The Morgan fingerprint density at radius 2 is 1.27 bits per heavy atom. The Labute approximate surface area is 426 Å². The fourth-order valence-electron chi connectivity index (χ4n) is 15.8. The van der Waals surface area contributed by atoms with E-state index in [4.69, 9.17) is 37.9 Å². The number of fused-ring (bicyclic) bond motifs is 7. The molecule has 0 radical (unpaired) electrons. The Hall–Kier alpha value is -1.55. The lowest BCUT2D eigenvalue weighted by Crippen LogP contribution is -2.67. The predicted octanol–water partition coefficient (Wildman–Crippen LogP) is -0.757. The maximum absolute atomic E-state index is 15.0. The van der Waals surface area contributed by atoms with Gasteiger partial charge < -0.3 is 99.2 Å². The van der Waals surface area contributed by atoms with Crippen molar-refractivity contribution in [1.82, 2.24) is 0 Å². The van der Waals surface area contributed by atoms with Gasteiger partial charge in [-0.25, -0.2) is 0 Å². The van der Waals surface area contributed by atoms with Gasteiger partial charge in [-0.2, -0.15) is 0 Å². The first kappa shape index (κ1) is 56.2. The van der Waals surface area contributed by atoms with Crippen molar-refractivity contribution in [2.75, 3.05) is 26.4 Å². The van der Waals surface area contributed by atoms with Gasteiger partial charge in [-0.15, -0.1) is 0 Å². The van der Waals surface area contributed by atoms with Crippen molar-refractivity contribution in [3.05, 3.63) is 11.6 Å². The van der Waals surface area contributed by atoms with E-state index in [1.807, 2.05) is 6.92 Å². The van der Waals surface area contributed by atoms with E-state index in [-0.39, 0.29) is 59.2 Å². The molecule has 73 heavy (non-hydrogen) atoms. The van der Waals surface area contributed by atoms with Crippen LogP contribution in [0.2, 0.25) is 0 Å². The van der Waals surface area contributed by atoms with Crippen LogP contribution in [-0.2, 0) is 42.7 Å². The summed E-state index contributed by atoms with van der Waals surface area (Å²) in [5.41, 5.74) is -1.58. The molecule has 0 bridgehead atoms. The molecule has 12 N–H and O–H groups in total. The van der Waals surface area contributed by atoms with E-state index in [1.165, 1.54) is 12.5 Å². The number of allylic oxidation sites excluding steroid dienone is 2. The molecule has 9 rings (SSSR count). The average Bonchev–Trinajstić information content (AvgIpc) is 3.34. The lowest BCUT2D eigenvalue weighted by Gasteiger charge is -2.71. The number of hydrogen-bond acceptors (Lipinski definition) is 21. The molecule has 5 aliphatic carbocycles. The lowest BCUT2D eigenvalue weighted by molar-refractivity contribution is -0.365. The molecule has 0 spiro atoms. The quantitative estimate of drug-likeness (QED) is 0.0727. The Kier molecular flexibility index (Phi) is 15.6. The molecule has 21 nitrogen and oxygen atoms in total. The van der Waals surface area contributed by atoms with Gasteiger partial charge in [-0.1, -0.05) is 53.2 Å². The van der Waals surface area contributed by atoms with Crippen LogP contribution < -0.4 is 0 Å². The SMILES string of the molecule is C[C@@H]1O[C@@H](O[C@H]2[C@H](O[C@H]3CC[C@@]4(C)[C@@H](CC[C@]5(C)[C@@H]4CC=C4[C@@H]6CC(C)(C)CC[C@]6(C(=O)O[C@@H]6O[C@H](CO[C@@H]7OC[C@@H](O)[C@H](O)[C@H]7O)[C@@H](O)[C@H](O)[C@H]6O)CC[C@]45C)[C@]3(C)CO)OC[C@H](O)[C@@H]2O)[C@H](O)[C@H](O)[C@H]1O. The van der Waals surface area contributed by atoms with Crippen molar-refractivity contribution in [1.29, 1.82) is 0 Å². The number of esters is 1. The first-order valence-corrected chi connectivity index (χ1v) is 26.7. The van der Waals surface area contributed by atoms with Crippen LogP contribution in [0.25, 0.3) is 0 Å². The predicted molar refractivity (Wildman–Crippen MR) is 251 cm³/mol. The van der Waals surface area contributed by atoms with E-state index in [9.17, 15) is 61.3 Å². The minimum Gasteiger partial charge on any atom is -0.432 e. The summed E-state index contributed by atoms with van der Waals surface area (Å²) in [5, 5.41) is 128. The Morgan fingerprint density at radius 3 is 1.97 bits per heavy atom. The van der Waals surface area contributed by atoms with Gasteiger partial charge >= 0.3 is 5.97 Å². The van der Waals surface area contributed by atoms with Gasteiger partial charge in [0.15, 0.2) is 18.9 Å². The van der Waals surface area contributed by atoms with Crippen LogP contribution in [0.5, 0.6) is 0 Å². The number of hydrogen-bond donors (Lipinski definition) is 12. The smallest absolute Gasteiger partial charge is 0.315 e. The summed E-state index contributed by atoms with van der Waals surface area (Å²) in [6.07, 6.45) is -18.3. The minimum atomic E-state index is -1.80. The molecule has 4 aliphatic heterocycles. The number of aliphatic hydroxyl groups is 12. The highest BCUT2D eigenvalue weighted by Gasteiger charge is 2.70. The number of ether oxygens (including phenoxy) is 8. The van der Waals surface area contributed by atoms with Gasteiger partial charge in [0.25, 0.3) is 0 Å². The molecule has 8 fully saturated rings. The highest BCUT2D eigenvalue weighted by atomic mass is 16.8. The van der Waals surface area contributed by atoms with Crippen molar-refractivity contribution < 1.29 is 104 Å². The normalized spacial score (nSPS) is 55.0. The van der Waals surface area contributed by atoms with E-state index >= 15 is 4.79 Å². The van der Waals surface area contributed by atoms with Crippen LogP contribution in [0, 0.1) is 50.2 Å². The van der Waals surface area contributed by atoms with E-state index in [0.29, 0.717) is 32.1 Å². The monoisotopic (exact) mass is 1040 g/mol. The molecule has 27 atom stereocenters. The molecule has 0 aromatic carbocycles. The Bertz CT molecular complexity index is 2010. The molecule has 9 aliphatic rings. The lowest BCUT2D eigenvalue weighted by atomic mass is 9.33. The molecule has 418 valence electrons. The molecule has 0 unspecified atom stereocenters. The maximum atomic E-state index is 15.0. The summed E-state index contributed by atoms with van der Waals surface area (Å²) < 4.78 is 47.5. The first-order chi connectivity index (χ1) is 34.2. The molecule has 0 aromatic heterocycles. The molecular weight excluding hydrogens is 961 g/mol. The molecule has 0 aromatic rings. The summed E-state index contributed by atoms with van der Waals surface area (Å²) in [6.45, 7) is 13.8. The fourth-order valence-corrected chi connectivity index (χ4v) is 15.8. The standard InChI is InChI=1S/C52H84O21/c1-23-32(56)36(60)39(63)43(69-23)72-41-34(58)27(55)20-67-45(41)71-31-11-12-48(4)29(49(31,5)22-53)10-13-51(7)30(48)9-8-24-25-18-47(2,3)14-16-52(25,17-15-50(24,51)6)46(65)73-44-40(64)37(61)35(59)28(70-44)21-68-42-38(62)33(57)26(54)19-66-42/h8,23,25-45,53-64H,9-22H2,1-7H3/t23-,25-,26+,27-,28+,29+,30+,31-,32-,33-,34-,35+,36+,37-,38+,39+,40+,41+,42-,43-,44-,45-,48-,49-,50+,51+,52-/m0/s1. The van der Waals surface area contributed by atoms with Crippen molar-refractivity contribution in [3.8, 4) is 0 Å². The second kappa shape index (κ2) is 20.3. The molecule has 4 saturated carbocycles. The number of rotatable bonds is 10. The van der Waals surface area contributed by atoms with Crippen molar-refractivity contribution in [2.45, 2.75) is 229 Å². The number of carbonyl (C=O) groups excluding carboxylic acids is 1. The highest BCUT2D eigenvalue weighted by molar-refractivity contribution is 5.79. The third-order valence-corrected chi connectivity index (χ3v) is 20.7. The molecule has 21 heteroatoms. The zero-order valence-electron chi connectivity index (χ0n) is 43.2. The summed E-state index contributed by atoms with van der Waals surface area (Å²) in [4.78, 5) is 15.0. The Morgan fingerprint density at radius 1 is 0.644 bits per heavy atom. The third kappa shape index (κ3) is 9.20. The van der Waals surface area contributed by atoms with Crippen LogP contribution in [0.4, 0.5) is 0 Å². The summed E-state index contributed by atoms with van der Waals surface area (Å²) >= 11 is 0. The minimum absolute atomic E-state index is 0.0316. The van der Waals surface area contributed by atoms with E-state index < -0.39 is 140 Å². The van der Waals surface area contributed by atoms with Gasteiger partial charge in [0, 0.05) is 5.41 Å². The zero-order valence-corrected chi connectivity index (χ0v) is 43.2. The Balaban J connectivity index is 0.935. The van der Waals surface area contributed by atoms with Crippen LogP contribution in [0.3, 0.4) is 0 Å². The summed E-state index contributed by atoms with van der Waals surface area (Å²) in [7, 11) is 0. The molecule has 4 heterocycles. The number of carbonyl (C=O) groups is 1. The second-order valence-corrected chi connectivity index (χ2v) is 25.2. The molecule has 4 saturated heterocycles. The van der Waals surface area contributed by atoms with Crippen molar-refractivity contribution >= 4 is 5.97 Å². The van der Waals surface area contributed by atoms with E-state index in [2.05, 4.69) is 40.7 Å². The largest absolute Gasteiger partial charge is 0.432 e. The van der Waals surface area contributed by atoms with Crippen LogP contribution in [0.1, 0.15) is 113 Å². The number of aliphatic hydroxyl groups excluding tert-OH is 12. The van der Waals surface area contributed by atoms with Gasteiger partial charge in [-0.3, -0.25) is 4.79 Å². The van der Waals surface area contributed by atoms with Crippen molar-refractivity contribution in [2.24, 2.45) is 50.2 Å². The van der Waals surface area contributed by atoms with E-state index in [1.54, 1.807) is 0 Å². The van der Waals surface area contributed by atoms with Gasteiger partial charge in [0.2, 0.25) is 6.29 Å². The fraction of sp³-hybridized carbons (Fsp3) is 0.942. The van der Waals surface area contributed by atoms with E-state index in [0.717, 1.165) is 32.1 Å². The topological polar surface area (TPSA) is 334 Å². The van der Waals surface area contributed by atoms with Crippen molar-refractivity contribution in [3.63, 3.8) is 0 Å². The molecular formula is C52H84O21. The zero-order chi connectivity index (χ0) is 53.1.